The average molecular weight is 357 g/mol. The largest absolute Gasteiger partial charge is 0.493 e. The highest BCUT2D eigenvalue weighted by Crippen LogP contribution is 2.26. The molecule has 128 valence electrons. The van der Waals surface area contributed by atoms with Gasteiger partial charge >= 0.3 is 0 Å². The predicted octanol–water partition coefficient (Wildman–Crippen LogP) is 3.59. The van der Waals surface area contributed by atoms with Crippen molar-refractivity contribution in [1.29, 1.82) is 0 Å². The molecule has 0 aliphatic carbocycles. The first-order valence-corrected chi connectivity index (χ1v) is 8.32. The summed E-state index contributed by atoms with van der Waals surface area (Å²) in [4.78, 5) is 24.9. The molecular formula is C19H17ClN2O3. The van der Waals surface area contributed by atoms with Crippen LogP contribution in [0.25, 0.3) is 6.08 Å². The summed E-state index contributed by atoms with van der Waals surface area (Å²) in [6.45, 7) is 2.58. The molecule has 2 amide bonds. The van der Waals surface area contributed by atoms with Crippen LogP contribution in [-0.4, -0.2) is 18.4 Å². The standard InChI is InChI=1S/C19H17ClN2O3/c1-2-11-25-17-6-4-3-5-13(17)12-16-18(23)21-22(19(16)24)15-9-7-14(20)8-10-15/h3-10,12H,2,11H2,1H3,(H,21,23)/b16-12+. The quantitative estimate of drug-likeness (QED) is 0.658. The Balaban J connectivity index is 1.90. The summed E-state index contributed by atoms with van der Waals surface area (Å²) in [7, 11) is 0. The minimum Gasteiger partial charge on any atom is -0.493 e. The second kappa shape index (κ2) is 7.40. The molecule has 1 saturated heterocycles. The van der Waals surface area contributed by atoms with E-state index in [2.05, 4.69) is 5.43 Å². The predicted molar refractivity (Wildman–Crippen MR) is 97.3 cm³/mol. The summed E-state index contributed by atoms with van der Waals surface area (Å²) < 4.78 is 5.68. The van der Waals surface area contributed by atoms with Crippen molar-refractivity contribution in [3.63, 3.8) is 0 Å². The lowest BCUT2D eigenvalue weighted by atomic mass is 10.1. The molecule has 1 fully saturated rings. The monoisotopic (exact) mass is 356 g/mol. The molecule has 3 rings (SSSR count). The zero-order valence-corrected chi connectivity index (χ0v) is 14.4. The number of hydrogen-bond donors (Lipinski definition) is 1. The number of carbonyl (C=O) groups excluding carboxylic acids is 2. The van der Waals surface area contributed by atoms with Crippen LogP contribution in [0.3, 0.4) is 0 Å². The second-order valence-electron chi connectivity index (χ2n) is 5.50. The highest BCUT2D eigenvalue weighted by Gasteiger charge is 2.34. The number of rotatable bonds is 5. The highest BCUT2D eigenvalue weighted by atomic mass is 35.5. The summed E-state index contributed by atoms with van der Waals surface area (Å²) in [6.07, 6.45) is 2.42. The fourth-order valence-corrected chi connectivity index (χ4v) is 2.55. The van der Waals surface area contributed by atoms with Gasteiger partial charge in [0.25, 0.3) is 11.8 Å². The zero-order chi connectivity index (χ0) is 17.8. The van der Waals surface area contributed by atoms with Crippen molar-refractivity contribution >= 4 is 35.2 Å². The normalized spacial score (nSPS) is 15.6. The fraction of sp³-hybridized carbons (Fsp3) is 0.158. The third kappa shape index (κ3) is 3.67. The van der Waals surface area contributed by atoms with Gasteiger partial charge in [0.2, 0.25) is 0 Å². The summed E-state index contributed by atoms with van der Waals surface area (Å²) in [6, 6.07) is 14.0. The molecule has 0 unspecified atom stereocenters. The van der Waals surface area contributed by atoms with Gasteiger partial charge in [0, 0.05) is 10.6 Å². The lowest BCUT2D eigenvalue weighted by Gasteiger charge is -2.14. The summed E-state index contributed by atoms with van der Waals surface area (Å²) in [5.74, 6) is -0.231. The Morgan fingerprint density at radius 3 is 2.56 bits per heavy atom. The van der Waals surface area contributed by atoms with Crippen molar-refractivity contribution in [2.45, 2.75) is 13.3 Å². The number of para-hydroxylation sites is 1. The topological polar surface area (TPSA) is 58.6 Å². The molecule has 1 aliphatic rings. The number of benzene rings is 2. The van der Waals surface area contributed by atoms with Crippen molar-refractivity contribution in [2.24, 2.45) is 0 Å². The van der Waals surface area contributed by atoms with E-state index in [-0.39, 0.29) is 5.57 Å². The minimum atomic E-state index is -0.453. The molecule has 2 aromatic rings. The van der Waals surface area contributed by atoms with Crippen LogP contribution in [0.2, 0.25) is 5.02 Å². The van der Waals surface area contributed by atoms with Crippen molar-refractivity contribution in [3.05, 3.63) is 64.7 Å². The van der Waals surface area contributed by atoms with E-state index in [9.17, 15) is 9.59 Å². The van der Waals surface area contributed by atoms with E-state index in [1.54, 1.807) is 30.3 Å². The van der Waals surface area contributed by atoms with Crippen LogP contribution in [0.4, 0.5) is 5.69 Å². The molecular weight excluding hydrogens is 340 g/mol. The first kappa shape index (κ1) is 17.0. The number of halogens is 1. The smallest absolute Gasteiger partial charge is 0.282 e. The third-order valence-electron chi connectivity index (χ3n) is 3.66. The summed E-state index contributed by atoms with van der Waals surface area (Å²) in [5, 5.41) is 1.76. The Bertz CT molecular complexity index is 831. The van der Waals surface area contributed by atoms with E-state index in [1.807, 2.05) is 31.2 Å². The van der Waals surface area contributed by atoms with Crippen molar-refractivity contribution in [1.82, 2.24) is 5.43 Å². The van der Waals surface area contributed by atoms with Gasteiger partial charge in [0.1, 0.15) is 11.3 Å². The second-order valence-corrected chi connectivity index (χ2v) is 5.94. The minimum absolute atomic E-state index is 0.0579. The van der Waals surface area contributed by atoms with Gasteiger partial charge in [-0.3, -0.25) is 15.0 Å². The molecule has 1 heterocycles. The number of carbonyl (C=O) groups is 2. The third-order valence-corrected chi connectivity index (χ3v) is 3.91. The van der Waals surface area contributed by atoms with E-state index < -0.39 is 11.8 Å². The Labute approximate surface area is 150 Å². The van der Waals surface area contributed by atoms with Gasteiger partial charge < -0.3 is 4.74 Å². The molecule has 25 heavy (non-hydrogen) atoms. The van der Waals surface area contributed by atoms with E-state index >= 15 is 0 Å². The number of hydrazine groups is 1. The Morgan fingerprint density at radius 2 is 1.84 bits per heavy atom. The number of anilines is 1. The van der Waals surface area contributed by atoms with Crippen LogP contribution in [0, 0.1) is 0 Å². The van der Waals surface area contributed by atoms with Crippen molar-refractivity contribution < 1.29 is 14.3 Å². The van der Waals surface area contributed by atoms with Gasteiger partial charge in [-0.05, 0) is 42.8 Å². The van der Waals surface area contributed by atoms with E-state index in [0.29, 0.717) is 28.6 Å². The molecule has 6 heteroatoms. The zero-order valence-electron chi connectivity index (χ0n) is 13.7. The number of nitrogens with zero attached hydrogens (tertiary/aromatic N) is 1. The number of nitrogens with one attached hydrogen (secondary N) is 1. The molecule has 0 radical (unpaired) electrons. The molecule has 0 atom stereocenters. The SMILES string of the molecule is CCCOc1ccccc1/C=C1\C(=O)NN(c2ccc(Cl)cc2)C1=O. The molecule has 0 bridgehead atoms. The van der Waals surface area contributed by atoms with Crippen LogP contribution >= 0.6 is 11.6 Å². The van der Waals surface area contributed by atoms with Crippen molar-refractivity contribution in [3.8, 4) is 5.75 Å². The number of amides is 2. The first-order chi connectivity index (χ1) is 12.1. The van der Waals surface area contributed by atoms with Gasteiger partial charge in [0.15, 0.2) is 0 Å². The van der Waals surface area contributed by atoms with E-state index in [4.69, 9.17) is 16.3 Å². The molecule has 2 aromatic carbocycles. The van der Waals surface area contributed by atoms with Crippen LogP contribution < -0.4 is 15.2 Å². The van der Waals surface area contributed by atoms with Crippen LogP contribution in [-0.2, 0) is 9.59 Å². The number of hydrogen-bond acceptors (Lipinski definition) is 3. The molecule has 0 aromatic heterocycles. The Kier molecular flexibility index (Phi) is 5.05. The van der Waals surface area contributed by atoms with Crippen LogP contribution in [0.5, 0.6) is 5.75 Å². The van der Waals surface area contributed by atoms with Gasteiger partial charge in [-0.1, -0.05) is 36.7 Å². The van der Waals surface area contributed by atoms with E-state index in [1.165, 1.54) is 5.01 Å². The fourth-order valence-electron chi connectivity index (χ4n) is 2.43. The lowest BCUT2D eigenvalue weighted by Crippen LogP contribution is -2.35. The molecule has 1 N–H and O–H groups in total. The summed E-state index contributed by atoms with van der Waals surface area (Å²) >= 11 is 5.86. The molecule has 0 saturated carbocycles. The maximum atomic E-state index is 12.6. The molecule has 5 nitrogen and oxygen atoms in total. The van der Waals surface area contributed by atoms with Crippen molar-refractivity contribution in [2.75, 3.05) is 11.6 Å². The van der Waals surface area contributed by atoms with Crippen LogP contribution in [0.15, 0.2) is 54.1 Å². The maximum absolute atomic E-state index is 12.6. The molecule has 1 aliphatic heterocycles. The van der Waals surface area contributed by atoms with Gasteiger partial charge in [-0.2, -0.15) is 0 Å². The highest BCUT2D eigenvalue weighted by molar-refractivity contribution is 6.32. The number of ether oxygens (including phenoxy) is 1. The lowest BCUT2D eigenvalue weighted by molar-refractivity contribution is -0.117. The van der Waals surface area contributed by atoms with Gasteiger partial charge in [-0.15, -0.1) is 0 Å². The summed E-state index contributed by atoms with van der Waals surface area (Å²) in [5.41, 5.74) is 3.85. The molecule has 0 spiro atoms. The van der Waals surface area contributed by atoms with Gasteiger partial charge in [-0.25, -0.2) is 5.01 Å². The van der Waals surface area contributed by atoms with Crippen LogP contribution in [0.1, 0.15) is 18.9 Å². The maximum Gasteiger partial charge on any atom is 0.282 e. The first-order valence-electron chi connectivity index (χ1n) is 7.94. The Hall–Kier alpha value is -2.79. The average Bonchev–Trinajstić information content (AvgIpc) is 2.90. The Morgan fingerprint density at radius 1 is 1.12 bits per heavy atom. The van der Waals surface area contributed by atoms with E-state index in [0.717, 1.165) is 6.42 Å². The van der Waals surface area contributed by atoms with Gasteiger partial charge in [0.05, 0.1) is 12.3 Å².